The van der Waals surface area contributed by atoms with Gasteiger partial charge in [0.2, 0.25) is 6.79 Å². The number of amides is 2. The Hall–Kier alpha value is -2.62. The van der Waals surface area contributed by atoms with Crippen molar-refractivity contribution in [3.05, 3.63) is 40.6 Å². The average molecular weight is 403 g/mol. The molecule has 1 aromatic heterocycles. The number of hydrogen-bond donors (Lipinski definition) is 2. The SMILES string of the molecule is O=C(NC[C@@H](c1cccs1)N1CCOCC1)C(=O)Nc1ccc2c(c1)OCO2. The normalized spacial score (nSPS) is 17.1. The molecule has 2 aliphatic rings. The maximum Gasteiger partial charge on any atom is 0.313 e. The highest BCUT2D eigenvalue weighted by molar-refractivity contribution is 7.10. The van der Waals surface area contributed by atoms with Crippen molar-refractivity contribution in [1.29, 1.82) is 0 Å². The number of thiophene rings is 1. The Morgan fingerprint density at radius 2 is 1.93 bits per heavy atom. The molecule has 0 radical (unpaired) electrons. The summed E-state index contributed by atoms with van der Waals surface area (Å²) in [4.78, 5) is 28.0. The summed E-state index contributed by atoms with van der Waals surface area (Å²) in [7, 11) is 0. The molecule has 9 heteroatoms. The predicted molar refractivity (Wildman–Crippen MR) is 104 cm³/mol. The van der Waals surface area contributed by atoms with Gasteiger partial charge in [0.05, 0.1) is 19.3 Å². The Labute approximate surface area is 166 Å². The van der Waals surface area contributed by atoms with Crippen molar-refractivity contribution in [2.24, 2.45) is 0 Å². The minimum Gasteiger partial charge on any atom is -0.454 e. The zero-order valence-corrected chi connectivity index (χ0v) is 16.0. The lowest BCUT2D eigenvalue weighted by Gasteiger charge is -2.34. The molecule has 148 valence electrons. The van der Waals surface area contributed by atoms with Gasteiger partial charge in [-0.2, -0.15) is 0 Å². The van der Waals surface area contributed by atoms with Gasteiger partial charge in [-0.05, 0) is 23.6 Å². The second-order valence-corrected chi connectivity index (χ2v) is 7.39. The van der Waals surface area contributed by atoms with Crippen molar-refractivity contribution >= 4 is 28.8 Å². The van der Waals surface area contributed by atoms with E-state index in [0.717, 1.165) is 18.0 Å². The third kappa shape index (κ3) is 4.27. The van der Waals surface area contributed by atoms with E-state index in [1.54, 1.807) is 29.5 Å². The molecule has 1 aromatic carbocycles. The lowest BCUT2D eigenvalue weighted by molar-refractivity contribution is -0.136. The van der Waals surface area contributed by atoms with Gasteiger partial charge in [0.15, 0.2) is 11.5 Å². The van der Waals surface area contributed by atoms with Crippen LogP contribution in [0.25, 0.3) is 0 Å². The lowest BCUT2D eigenvalue weighted by atomic mass is 10.2. The quantitative estimate of drug-likeness (QED) is 0.738. The number of nitrogens with one attached hydrogen (secondary N) is 2. The second-order valence-electron chi connectivity index (χ2n) is 6.41. The number of nitrogens with zero attached hydrogens (tertiary/aromatic N) is 1. The molecule has 2 N–H and O–H groups in total. The van der Waals surface area contributed by atoms with E-state index in [4.69, 9.17) is 14.2 Å². The second kappa shape index (κ2) is 8.59. The molecular formula is C19H21N3O5S. The molecular weight excluding hydrogens is 382 g/mol. The molecule has 2 aromatic rings. The summed E-state index contributed by atoms with van der Waals surface area (Å²) in [5.41, 5.74) is 0.479. The van der Waals surface area contributed by atoms with E-state index in [1.165, 1.54) is 0 Å². The van der Waals surface area contributed by atoms with Crippen LogP contribution in [-0.2, 0) is 14.3 Å². The number of ether oxygens (including phenoxy) is 3. The van der Waals surface area contributed by atoms with Crippen LogP contribution in [0, 0.1) is 0 Å². The van der Waals surface area contributed by atoms with Crippen LogP contribution in [0.1, 0.15) is 10.9 Å². The van der Waals surface area contributed by atoms with Gasteiger partial charge in [0, 0.05) is 36.3 Å². The highest BCUT2D eigenvalue weighted by Gasteiger charge is 2.25. The number of anilines is 1. The van der Waals surface area contributed by atoms with Crippen LogP contribution in [0.15, 0.2) is 35.7 Å². The molecule has 4 rings (SSSR count). The van der Waals surface area contributed by atoms with Crippen LogP contribution in [0.2, 0.25) is 0 Å². The lowest BCUT2D eigenvalue weighted by Crippen LogP contribution is -2.45. The number of benzene rings is 1. The smallest absolute Gasteiger partial charge is 0.313 e. The zero-order valence-electron chi connectivity index (χ0n) is 15.2. The maximum atomic E-state index is 12.3. The Morgan fingerprint density at radius 1 is 1.11 bits per heavy atom. The van der Waals surface area contributed by atoms with E-state index >= 15 is 0 Å². The van der Waals surface area contributed by atoms with E-state index in [-0.39, 0.29) is 12.8 Å². The van der Waals surface area contributed by atoms with Crippen LogP contribution in [-0.4, -0.2) is 56.4 Å². The van der Waals surface area contributed by atoms with E-state index in [1.807, 2.05) is 17.5 Å². The van der Waals surface area contributed by atoms with E-state index in [9.17, 15) is 9.59 Å². The number of morpholine rings is 1. The van der Waals surface area contributed by atoms with Gasteiger partial charge < -0.3 is 24.8 Å². The van der Waals surface area contributed by atoms with Gasteiger partial charge in [0.25, 0.3) is 0 Å². The van der Waals surface area contributed by atoms with Crippen molar-refractivity contribution in [2.45, 2.75) is 6.04 Å². The third-order valence-corrected chi connectivity index (χ3v) is 5.62. The summed E-state index contributed by atoms with van der Waals surface area (Å²) in [6.45, 7) is 3.43. The average Bonchev–Trinajstić information content (AvgIpc) is 3.40. The number of carbonyl (C=O) groups excluding carboxylic acids is 2. The fraction of sp³-hybridized carbons (Fsp3) is 0.368. The molecule has 0 aliphatic carbocycles. The van der Waals surface area contributed by atoms with Crippen molar-refractivity contribution in [1.82, 2.24) is 10.2 Å². The highest BCUT2D eigenvalue weighted by Crippen LogP contribution is 2.34. The zero-order chi connectivity index (χ0) is 19.3. The molecule has 3 heterocycles. The fourth-order valence-electron chi connectivity index (χ4n) is 3.21. The summed E-state index contributed by atoms with van der Waals surface area (Å²) >= 11 is 1.64. The molecule has 2 aliphatic heterocycles. The molecule has 1 saturated heterocycles. The molecule has 0 spiro atoms. The van der Waals surface area contributed by atoms with Crippen molar-refractivity contribution in [3.8, 4) is 11.5 Å². The Kier molecular flexibility index (Phi) is 5.75. The Balaban J connectivity index is 1.35. The summed E-state index contributed by atoms with van der Waals surface area (Å²) < 4.78 is 15.9. The molecule has 1 fully saturated rings. The van der Waals surface area contributed by atoms with E-state index in [2.05, 4.69) is 15.5 Å². The van der Waals surface area contributed by atoms with Crippen molar-refractivity contribution in [2.75, 3.05) is 45.0 Å². The minimum atomic E-state index is -0.717. The maximum absolute atomic E-state index is 12.3. The highest BCUT2D eigenvalue weighted by atomic mass is 32.1. The number of hydrogen-bond acceptors (Lipinski definition) is 7. The van der Waals surface area contributed by atoms with Crippen LogP contribution in [0.5, 0.6) is 11.5 Å². The predicted octanol–water partition coefficient (Wildman–Crippen LogP) is 1.60. The first-order valence-corrected chi connectivity index (χ1v) is 9.93. The first kappa shape index (κ1) is 18.7. The standard InChI is InChI=1S/C19H21N3O5S/c23-18(19(24)21-13-3-4-15-16(10-13)27-12-26-15)20-11-14(17-2-1-9-28-17)22-5-7-25-8-6-22/h1-4,9-10,14H,5-8,11-12H2,(H,20,23)(H,21,24)/t14-/m0/s1. The summed E-state index contributed by atoms with van der Waals surface area (Å²) in [6.07, 6.45) is 0. The molecule has 0 unspecified atom stereocenters. The van der Waals surface area contributed by atoms with Crippen LogP contribution in [0.4, 0.5) is 5.69 Å². The first-order chi connectivity index (χ1) is 13.7. The largest absolute Gasteiger partial charge is 0.454 e. The monoisotopic (exact) mass is 403 g/mol. The van der Waals surface area contributed by atoms with Gasteiger partial charge in [-0.15, -0.1) is 11.3 Å². The van der Waals surface area contributed by atoms with Crippen LogP contribution < -0.4 is 20.1 Å². The molecule has 2 amide bonds. The van der Waals surface area contributed by atoms with Gasteiger partial charge in [-0.25, -0.2) is 0 Å². The summed E-state index contributed by atoms with van der Waals surface area (Å²) in [6, 6.07) is 9.05. The molecule has 0 saturated carbocycles. The topological polar surface area (TPSA) is 89.1 Å². The molecule has 1 atom stereocenters. The van der Waals surface area contributed by atoms with E-state index < -0.39 is 11.8 Å². The molecule has 28 heavy (non-hydrogen) atoms. The fourth-order valence-corrected chi connectivity index (χ4v) is 4.07. The van der Waals surface area contributed by atoms with Crippen molar-refractivity contribution in [3.63, 3.8) is 0 Å². The van der Waals surface area contributed by atoms with Gasteiger partial charge in [0.1, 0.15) is 0 Å². The summed E-state index contributed by atoms with van der Waals surface area (Å²) in [5.74, 6) is -0.228. The number of carbonyl (C=O) groups is 2. The first-order valence-electron chi connectivity index (χ1n) is 9.05. The van der Waals surface area contributed by atoms with Crippen LogP contribution >= 0.6 is 11.3 Å². The van der Waals surface area contributed by atoms with Gasteiger partial charge in [-0.1, -0.05) is 6.07 Å². The van der Waals surface area contributed by atoms with Gasteiger partial charge >= 0.3 is 11.8 Å². The summed E-state index contributed by atoms with van der Waals surface area (Å²) in [5, 5.41) is 7.36. The molecule has 8 nitrogen and oxygen atoms in total. The third-order valence-electron chi connectivity index (χ3n) is 4.65. The Bertz CT molecular complexity index is 836. The van der Waals surface area contributed by atoms with Gasteiger partial charge in [-0.3, -0.25) is 14.5 Å². The minimum absolute atomic E-state index is 0.0196. The number of fused-ring (bicyclic) bond motifs is 1. The molecule has 0 bridgehead atoms. The van der Waals surface area contributed by atoms with E-state index in [0.29, 0.717) is 36.9 Å². The number of rotatable bonds is 5. The van der Waals surface area contributed by atoms with Crippen LogP contribution in [0.3, 0.4) is 0 Å². The van der Waals surface area contributed by atoms with Crippen molar-refractivity contribution < 1.29 is 23.8 Å². The Morgan fingerprint density at radius 3 is 2.71 bits per heavy atom.